The fourth-order valence-electron chi connectivity index (χ4n) is 2.26. The van der Waals surface area contributed by atoms with Crippen LogP contribution in [0.1, 0.15) is 16.7 Å². The van der Waals surface area contributed by atoms with Crippen LogP contribution in [0.15, 0.2) is 48.5 Å². The van der Waals surface area contributed by atoms with Crippen molar-refractivity contribution in [3.05, 3.63) is 65.2 Å². The lowest BCUT2D eigenvalue weighted by atomic mass is 10.0. The molecule has 0 saturated carbocycles. The minimum atomic E-state index is 0.475. The molecule has 2 aromatic carbocycles. The number of hydrogen-bond acceptors (Lipinski definition) is 2. The fraction of sp³-hybridized carbons (Fsp3) is 0.235. The zero-order valence-corrected chi connectivity index (χ0v) is 11.4. The number of nitrogens with zero attached hydrogens (tertiary/aromatic N) is 2. The van der Waals surface area contributed by atoms with Gasteiger partial charge in [-0.15, -0.1) is 0 Å². The Morgan fingerprint density at radius 3 is 2.47 bits per heavy atom. The van der Waals surface area contributed by atoms with Crippen molar-refractivity contribution < 1.29 is 0 Å². The Kier molecular flexibility index (Phi) is 4.20. The zero-order chi connectivity index (χ0) is 13.7. The predicted molar refractivity (Wildman–Crippen MR) is 79.3 cm³/mol. The molecule has 0 amide bonds. The summed E-state index contributed by atoms with van der Waals surface area (Å²) >= 11 is 0. The van der Waals surface area contributed by atoms with Crippen molar-refractivity contribution >= 4 is 5.69 Å². The molecule has 0 unspecified atom stereocenters. The van der Waals surface area contributed by atoms with Gasteiger partial charge in [-0.25, -0.2) is 0 Å². The van der Waals surface area contributed by atoms with E-state index in [1.54, 1.807) is 0 Å². The van der Waals surface area contributed by atoms with Gasteiger partial charge in [0.2, 0.25) is 0 Å². The highest BCUT2D eigenvalue weighted by molar-refractivity contribution is 5.54. The Morgan fingerprint density at radius 2 is 1.74 bits per heavy atom. The molecule has 0 heterocycles. The first-order valence-electron chi connectivity index (χ1n) is 6.40. The molecule has 0 aromatic heterocycles. The zero-order valence-electron chi connectivity index (χ0n) is 11.4. The average Bonchev–Trinajstić information content (AvgIpc) is 2.40. The van der Waals surface area contributed by atoms with Gasteiger partial charge in [-0.1, -0.05) is 42.5 Å². The van der Waals surface area contributed by atoms with E-state index in [-0.39, 0.29) is 0 Å². The highest BCUT2D eigenvalue weighted by Gasteiger charge is 2.05. The van der Waals surface area contributed by atoms with Gasteiger partial charge in [0.1, 0.15) is 0 Å². The highest BCUT2D eigenvalue weighted by Crippen LogP contribution is 2.21. The number of benzene rings is 2. The maximum absolute atomic E-state index is 8.76. The van der Waals surface area contributed by atoms with Crippen LogP contribution in [0.25, 0.3) is 0 Å². The third-order valence-electron chi connectivity index (χ3n) is 3.14. The molecule has 0 saturated heterocycles. The van der Waals surface area contributed by atoms with Gasteiger partial charge >= 0.3 is 0 Å². The van der Waals surface area contributed by atoms with Gasteiger partial charge < -0.3 is 4.90 Å². The van der Waals surface area contributed by atoms with Crippen molar-refractivity contribution in [3.63, 3.8) is 0 Å². The summed E-state index contributed by atoms with van der Waals surface area (Å²) in [6.45, 7) is 0. The Bertz CT molecular complexity index is 594. The third-order valence-corrected chi connectivity index (χ3v) is 3.14. The van der Waals surface area contributed by atoms with E-state index in [1.165, 1.54) is 16.8 Å². The monoisotopic (exact) mass is 250 g/mol. The number of para-hydroxylation sites is 1. The molecule has 0 aliphatic rings. The van der Waals surface area contributed by atoms with Gasteiger partial charge in [0.25, 0.3) is 0 Å². The lowest BCUT2D eigenvalue weighted by Crippen LogP contribution is -2.11. The van der Waals surface area contributed by atoms with Gasteiger partial charge in [-0.3, -0.25) is 0 Å². The van der Waals surface area contributed by atoms with Gasteiger partial charge in [0.05, 0.1) is 12.5 Å². The Balaban J connectivity index is 2.26. The SMILES string of the molecule is CN(C)c1ccccc1Cc1cccc(CC#N)c1. The first kappa shape index (κ1) is 13.2. The van der Waals surface area contributed by atoms with Crippen LogP contribution in [-0.2, 0) is 12.8 Å². The van der Waals surface area contributed by atoms with E-state index in [0.29, 0.717) is 6.42 Å². The van der Waals surface area contributed by atoms with Crippen LogP contribution in [0.2, 0.25) is 0 Å². The van der Waals surface area contributed by atoms with Crippen molar-refractivity contribution in [2.75, 3.05) is 19.0 Å². The molecule has 2 rings (SSSR count). The van der Waals surface area contributed by atoms with Crippen molar-refractivity contribution in [1.29, 1.82) is 5.26 Å². The molecule has 0 bridgehead atoms. The van der Waals surface area contributed by atoms with Crippen LogP contribution in [-0.4, -0.2) is 14.1 Å². The average molecular weight is 250 g/mol. The molecule has 0 radical (unpaired) electrons. The summed E-state index contributed by atoms with van der Waals surface area (Å²) in [6.07, 6.45) is 1.37. The van der Waals surface area contributed by atoms with Crippen LogP contribution in [0, 0.1) is 11.3 Å². The van der Waals surface area contributed by atoms with Crippen LogP contribution in [0.5, 0.6) is 0 Å². The largest absolute Gasteiger partial charge is 0.377 e. The van der Waals surface area contributed by atoms with E-state index < -0.39 is 0 Å². The standard InChI is InChI=1S/C17H18N2/c1-19(2)17-9-4-3-8-16(17)13-15-7-5-6-14(12-15)10-11-18/h3-9,12H,10,13H2,1-2H3. The second-order valence-electron chi connectivity index (χ2n) is 4.85. The molecule has 2 heteroatoms. The number of hydrogen-bond donors (Lipinski definition) is 0. The summed E-state index contributed by atoms with van der Waals surface area (Å²) in [4.78, 5) is 2.13. The third kappa shape index (κ3) is 3.35. The van der Waals surface area contributed by atoms with E-state index in [4.69, 9.17) is 5.26 Å². The molecule has 2 nitrogen and oxygen atoms in total. The molecule has 0 aliphatic heterocycles. The molecule has 0 N–H and O–H groups in total. The van der Waals surface area contributed by atoms with Gasteiger partial charge in [-0.2, -0.15) is 5.26 Å². The molecule has 0 spiro atoms. The van der Waals surface area contributed by atoms with Crippen LogP contribution in [0.4, 0.5) is 5.69 Å². The van der Waals surface area contributed by atoms with E-state index in [2.05, 4.69) is 61.5 Å². The van der Waals surface area contributed by atoms with Crippen molar-refractivity contribution in [2.45, 2.75) is 12.8 Å². The highest BCUT2D eigenvalue weighted by atomic mass is 15.1. The summed E-state index contributed by atoms with van der Waals surface area (Å²) < 4.78 is 0. The lowest BCUT2D eigenvalue weighted by Gasteiger charge is -2.17. The molecule has 19 heavy (non-hydrogen) atoms. The first-order valence-corrected chi connectivity index (χ1v) is 6.40. The van der Waals surface area contributed by atoms with Crippen LogP contribution in [0.3, 0.4) is 0 Å². The van der Waals surface area contributed by atoms with E-state index >= 15 is 0 Å². The number of rotatable bonds is 4. The van der Waals surface area contributed by atoms with Crippen molar-refractivity contribution in [2.24, 2.45) is 0 Å². The van der Waals surface area contributed by atoms with Gasteiger partial charge in [0, 0.05) is 19.8 Å². The first-order chi connectivity index (χ1) is 9.20. The minimum absolute atomic E-state index is 0.475. The Labute approximate surface area is 114 Å². The molecule has 2 aromatic rings. The van der Waals surface area contributed by atoms with E-state index in [9.17, 15) is 0 Å². The van der Waals surface area contributed by atoms with Crippen molar-refractivity contribution in [3.8, 4) is 6.07 Å². The minimum Gasteiger partial charge on any atom is -0.377 e. The number of anilines is 1. The van der Waals surface area contributed by atoms with E-state index in [1.807, 2.05) is 12.1 Å². The summed E-state index contributed by atoms with van der Waals surface area (Å²) in [5.41, 5.74) is 4.89. The Hall–Kier alpha value is -2.27. The van der Waals surface area contributed by atoms with Gasteiger partial charge in [0.15, 0.2) is 0 Å². The molecule has 0 aliphatic carbocycles. The smallest absolute Gasteiger partial charge is 0.0669 e. The fourth-order valence-corrected chi connectivity index (χ4v) is 2.26. The Morgan fingerprint density at radius 1 is 1.00 bits per heavy atom. The topological polar surface area (TPSA) is 27.0 Å². The van der Waals surface area contributed by atoms with Crippen LogP contribution >= 0.6 is 0 Å². The summed E-state index contributed by atoms with van der Waals surface area (Å²) in [5, 5.41) is 8.76. The number of nitriles is 1. The predicted octanol–water partition coefficient (Wildman–Crippen LogP) is 3.41. The van der Waals surface area contributed by atoms with Gasteiger partial charge in [-0.05, 0) is 29.2 Å². The molecule has 0 atom stereocenters. The summed E-state index contributed by atoms with van der Waals surface area (Å²) in [7, 11) is 4.12. The molecule has 96 valence electrons. The summed E-state index contributed by atoms with van der Waals surface area (Å²) in [6, 6.07) is 18.9. The molecule has 0 fully saturated rings. The maximum Gasteiger partial charge on any atom is 0.0669 e. The molecular formula is C17H18N2. The quantitative estimate of drug-likeness (QED) is 0.831. The van der Waals surface area contributed by atoms with Crippen LogP contribution < -0.4 is 4.90 Å². The maximum atomic E-state index is 8.76. The second-order valence-corrected chi connectivity index (χ2v) is 4.85. The summed E-state index contributed by atoms with van der Waals surface area (Å²) in [5.74, 6) is 0. The van der Waals surface area contributed by atoms with Crippen molar-refractivity contribution in [1.82, 2.24) is 0 Å². The van der Waals surface area contributed by atoms with E-state index in [0.717, 1.165) is 12.0 Å². The molecular weight excluding hydrogens is 232 g/mol. The second kappa shape index (κ2) is 6.06. The normalized spacial score (nSPS) is 9.95. The lowest BCUT2D eigenvalue weighted by molar-refractivity contribution is 1.08.